The van der Waals surface area contributed by atoms with E-state index in [0.29, 0.717) is 0 Å². The van der Waals surface area contributed by atoms with Crippen molar-refractivity contribution in [3.63, 3.8) is 0 Å². The van der Waals surface area contributed by atoms with Crippen LogP contribution in [0.3, 0.4) is 0 Å². The van der Waals surface area contributed by atoms with Crippen LogP contribution in [0.15, 0.2) is 0 Å². The first-order valence-electron chi connectivity index (χ1n) is 7.05. The molecule has 0 saturated heterocycles. The average molecular weight is 229 g/mol. The molecule has 0 fully saturated rings. The predicted octanol–water partition coefficient (Wildman–Crippen LogP) is 3.49. The molecule has 0 aliphatic carbocycles. The Bertz CT molecular complexity index is 146. The van der Waals surface area contributed by atoms with Crippen molar-refractivity contribution >= 4 is 0 Å². The molecule has 0 aromatic rings. The first-order chi connectivity index (χ1) is 7.62. The van der Waals surface area contributed by atoms with E-state index in [4.69, 9.17) is 0 Å². The van der Waals surface area contributed by atoms with Crippen molar-refractivity contribution in [2.75, 3.05) is 13.1 Å². The van der Waals surface area contributed by atoms with E-state index >= 15 is 0 Å². The van der Waals surface area contributed by atoms with Crippen LogP contribution in [-0.4, -0.2) is 23.8 Å². The first kappa shape index (κ1) is 15.9. The molecular formula is C14H31NO. The Hall–Kier alpha value is -0.0800. The lowest BCUT2D eigenvalue weighted by molar-refractivity contribution is 0.0396. The Morgan fingerprint density at radius 2 is 1.56 bits per heavy atom. The van der Waals surface area contributed by atoms with Crippen molar-refractivity contribution in [3.05, 3.63) is 0 Å². The van der Waals surface area contributed by atoms with E-state index in [1.807, 2.05) is 6.92 Å². The van der Waals surface area contributed by atoms with Gasteiger partial charge in [-0.3, -0.25) is 0 Å². The second kappa shape index (κ2) is 10.1. The zero-order valence-corrected chi connectivity index (χ0v) is 11.5. The summed E-state index contributed by atoms with van der Waals surface area (Å²) in [4.78, 5) is 0. The summed E-state index contributed by atoms with van der Waals surface area (Å²) in [7, 11) is 0. The summed E-state index contributed by atoms with van der Waals surface area (Å²) in [5, 5.41) is 13.5. The van der Waals surface area contributed by atoms with E-state index < -0.39 is 5.60 Å². The minimum absolute atomic E-state index is 0.465. The normalized spacial score (nSPS) is 15.0. The van der Waals surface area contributed by atoms with Gasteiger partial charge in [0.05, 0.1) is 5.60 Å². The number of hydrogen-bond acceptors (Lipinski definition) is 2. The molecule has 0 saturated carbocycles. The molecule has 2 heteroatoms. The maximum Gasteiger partial charge on any atom is 0.0631 e. The lowest BCUT2D eigenvalue weighted by Crippen LogP contribution is -2.30. The lowest BCUT2D eigenvalue weighted by Gasteiger charge is -2.23. The fourth-order valence-corrected chi connectivity index (χ4v) is 1.89. The number of aliphatic hydroxyl groups is 1. The van der Waals surface area contributed by atoms with Crippen molar-refractivity contribution in [3.8, 4) is 0 Å². The number of hydrogen-bond donors (Lipinski definition) is 2. The van der Waals surface area contributed by atoms with Crippen LogP contribution >= 0.6 is 0 Å². The summed E-state index contributed by atoms with van der Waals surface area (Å²) in [6.07, 6.45) is 9.37. The van der Waals surface area contributed by atoms with Crippen LogP contribution in [0.2, 0.25) is 0 Å². The van der Waals surface area contributed by atoms with Gasteiger partial charge in [0, 0.05) is 0 Å². The molecule has 98 valence electrons. The number of unbranched alkanes of at least 4 members (excludes halogenated alkanes) is 4. The smallest absolute Gasteiger partial charge is 0.0631 e. The van der Waals surface area contributed by atoms with Crippen LogP contribution < -0.4 is 5.32 Å². The molecule has 0 aromatic carbocycles. The minimum atomic E-state index is -0.465. The summed E-state index contributed by atoms with van der Waals surface area (Å²) in [6, 6.07) is 0. The summed E-state index contributed by atoms with van der Waals surface area (Å²) < 4.78 is 0. The summed E-state index contributed by atoms with van der Waals surface area (Å²) in [6.45, 7) is 8.37. The van der Waals surface area contributed by atoms with Gasteiger partial charge in [-0.1, -0.05) is 46.0 Å². The van der Waals surface area contributed by atoms with Crippen molar-refractivity contribution in [1.82, 2.24) is 5.32 Å². The zero-order valence-electron chi connectivity index (χ0n) is 11.5. The molecule has 2 nitrogen and oxygen atoms in total. The molecule has 0 heterocycles. The van der Waals surface area contributed by atoms with E-state index in [-0.39, 0.29) is 0 Å². The van der Waals surface area contributed by atoms with Gasteiger partial charge in [-0.15, -0.1) is 0 Å². The van der Waals surface area contributed by atoms with Gasteiger partial charge in [-0.05, 0) is 39.3 Å². The topological polar surface area (TPSA) is 32.3 Å². The molecule has 0 aliphatic rings. The molecule has 0 spiro atoms. The highest BCUT2D eigenvalue weighted by atomic mass is 16.3. The Morgan fingerprint density at radius 3 is 2.19 bits per heavy atom. The average Bonchev–Trinajstić information content (AvgIpc) is 2.24. The van der Waals surface area contributed by atoms with Gasteiger partial charge in [0.2, 0.25) is 0 Å². The van der Waals surface area contributed by atoms with E-state index in [0.717, 1.165) is 25.9 Å². The number of rotatable bonds is 11. The molecule has 0 bridgehead atoms. The molecule has 0 rings (SSSR count). The van der Waals surface area contributed by atoms with Crippen LogP contribution in [0.5, 0.6) is 0 Å². The fourth-order valence-electron chi connectivity index (χ4n) is 1.89. The van der Waals surface area contributed by atoms with Crippen LogP contribution in [0, 0.1) is 0 Å². The van der Waals surface area contributed by atoms with Gasteiger partial charge in [-0.2, -0.15) is 0 Å². The maximum absolute atomic E-state index is 10.1. The standard InChI is InChI=1S/C14H31NO/c1-4-6-7-8-9-10-14(3,16)11-13-15-12-5-2/h15-16H,4-13H2,1-3H3. The van der Waals surface area contributed by atoms with Crippen LogP contribution in [0.1, 0.15) is 72.1 Å². The minimum Gasteiger partial charge on any atom is -0.390 e. The highest BCUT2D eigenvalue weighted by Gasteiger charge is 2.18. The maximum atomic E-state index is 10.1. The third-order valence-electron chi connectivity index (χ3n) is 3.09. The van der Waals surface area contributed by atoms with Gasteiger partial charge in [0.15, 0.2) is 0 Å². The first-order valence-corrected chi connectivity index (χ1v) is 7.05. The molecular weight excluding hydrogens is 198 g/mol. The summed E-state index contributed by atoms with van der Waals surface area (Å²) in [5.74, 6) is 0. The SMILES string of the molecule is CCCCCCCC(C)(O)CCNCCC. The van der Waals surface area contributed by atoms with Crippen LogP contribution in [0.4, 0.5) is 0 Å². The third-order valence-corrected chi connectivity index (χ3v) is 3.09. The molecule has 0 amide bonds. The van der Waals surface area contributed by atoms with Crippen molar-refractivity contribution in [2.45, 2.75) is 77.7 Å². The van der Waals surface area contributed by atoms with Crippen molar-refractivity contribution in [1.29, 1.82) is 0 Å². The molecule has 1 unspecified atom stereocenters. The molecule has 0 aromatic heterocycles. The Morgan fingerprint density at radius 1 is 0.875 bits per heavy atom. The zero-order chi connectivity index (χ0) is 12.3. The Labute approximate surface area is 102 Å². The molecule has 2 N–H and O–H groups in total. The Kier molecular flexibility index (Phi) is 10.0. The highest BCUT2D eigenvalue weighted by Crippen LogP contribution is 2.18. The largest absolute Gasteiger partial charge is 0.390 e. The third kappa shape index (κ3) is 10.4. The van der Waals surface area contributed by atoms with Gasteiger partial charge in [-0.25, -0.2) is 0 Å². The van der Waals surface area contributed by atoms with Gasteiger partial charge >= 0.3 is 0 Å². The van der Waals surface area contributed by atoms with E-state index in [9.17, 15) is 5.11 Å². The van der Waals surface area contributed by atoms with Crippen LogP contribution in [-0.2, 0) is 0 Å². The number of nitrogens with one attached hydrogen (secondary N) is 1. The van der Waals surface area contributed by atoms with E-state index in [2.05, 4.69) is 19.2 Å². The Balaban J connectivity index is 3.38. The van der Waals surface area contributed by atoms with E-state index in [1.54, 1.807) is 0 Å². The van der Waals surface area contributed by atoms with Crippen molar-refractivity contribution in [2.24, 2.45) is 0 Å². The van der Waals surface area contributed by atoms with Crippen molar-refractivity contribution < 1.29 is 5.11 Å². The highest BCUT2D eigenvalue weighted by molar-refractivity contribution is 4.73. The van der Waals surface area contributed by atoms with E-state index in [1.165, 1.54) is 38.5 Å². The summed E-state index contributed by atoms with van der Waals surface area (Å²) >= 11 is 0. The van der Waals surface area contributed by atoms with Gasteiger partial charge < -0.3 is 10.4 Å². The predicted molar refractivity (Wildman–Crippen MR) is 71.8 cm³/mol. The molecule has 0 aliphatic heterocycles. The fraction of sp³-hybridized carbons (Fsp3) is 1.00. The quantitative estimate of drug-likeness (QED) is 0.532. The van der Waals surface area contributed by atoms with Gasteiger partial charge in [0.25, 0.3) is 0 Å². The molecule has 0 radical (unpaired) electrons. The molecule has 16 heavy (non-hydrogen) atoms. The summed E-state index contributed by atoms with van der Waals surface area (Å²) in [5.41, 5.74) is -0.465. The molecule has 1 atom stereocenters. The second-order valence-electron chi connectivity index (χ2n) is 5.16. The second-order valence-corrected chi connectivity index (χ2v) is 5.16. The van der Waals surface area contributed by atoms with Gasteiger partial charge in [0.1, 0.15) is 0 Å². The van der Waals surface area contributed by atoms with Crippen LogP contribution in [0.25, 0.3) is 0 Å². The lowest BCUT2D eigenvalue weighted by atomic mass is 9.94. The monoisotopic (exact) mass is 229 g/mol.